The fraction of sp³-hybridized carbons (Fsp3) is 0.130. The number of carbonyl (C=O) groups excluding carboxylic acids is 1. The van der Waals surface area contributed by atoms with Crippen LogP contribution < -0.4 is 14.9 Å². The summed E-state index contributed by atoms with van der Waals surface area (Å²) in [6.45, 7) is 2.47. The van der Waals surface area contributed by atoms with Crippen LogP contribution in [-0.4, -0.2) is 24.3 Å². The fourth-order valence-corrected chi connectivity index (χ4v) is 3.85. The number of hydrogen-bond donors (Lipinski definition) is 2. The highest BCUT2D eigenvalue weighted by molar-refractivity contribution is 14.1. The van der Waals surface area contributed by atoms with Crippen LogP contribution in [0.25, 0.3) is 0 Å². The molecule has 0 bridgehead atoms. The first-order chi connectivity index (χ1) is 14.9. The van der Waals surface area contributed by atoms with Gasteiger partial charge in [0.2, 0.25) is 0 Å². The molecule has 0 aliphatic heterocycles. The Bertz CT molecular complexity index is 1120. The highest BCUT2D eigenvalue weighted by Crippen LogP contribution is 2.34. The molecule has 0 fully saturated rings. The lowest BCUT2D eigenvalue weighted by molar-refractivity contribution is 0.0952. The molecule has 0 heterocycles. The Morgan fingerprint density at radius 2 is 1.94 bits per heavy atom. The second kappa shape index (κ2) is 10.6. The number of carbonyl (C=O) groups is 1. The van der Waals surface area contributed by atoms with Crippen molar-refractivity contribution in [1.82, 2.24) is 5.43 Å². The van der Waals surface area contributed by atoms with Gasteiger partial charge in [-0.3, -0.25) is 4.79 Å². The number of hydrogen-bond acceptors (Lipinski definition) is 5. The number of amides is 1. The van der Waals surface area contributed by atoms with Crippen LogP contribution in [0, 0.1) is 10.5 Å². The summed E-state index contributed by atoms with van der Waals surface area (Å²) in [5.74, 6) is 0.567. The highest BCUT2D eigenvalue weighted by atomic mass is 127. The van der Waals surface area contributed by atoms with E-state index < -0.39 is 5.91 Å². The molecule has 0 aliphatic rings. The van der Waals surface area contributed by atoms with Gasteiger partial charge in [-0.15, -0.1) is 0 Å². The van der Waals surface area contributed by atoms with Gasteiger partial charge in [0.1, 0.15) is 12.4 Å². The van der Waals surface area contributed by atoms with Gasteiger partial charge in [0.15, 0.2) is 11.5 Å². The van der Waals surface area contributed by atoms with Crippen LogP contribution in [0.1, 0.15) is 27.0 Å². The third-order valence-electron chi connectivity index (χ3n) is 4.34. The Kier molecular flexibility index (Phi) is 7.91. The number of aromatic hydroxyl groups is 1. The smallest absolute Gasteiger partial charge is 0.275 e. The van der Waals surface area contributed by atoms with Gasteiger partial charge in [-0.1, -0.05) is 45.8 Å². The number of rotatable bonds is 7. The van der Waals surface area contributed by atoms with Gasteiger partial charge in [-0.25, -0.2) is 5.43 Å². The molecule has 0 atom stereocenters. The van der Waals surface area contributed by atoms with Crippen LogP contribution >= 0.6 is 38.5 Å². The Labute approximate surface area is 202 Å². The Morgan fingerprint density at radius 1 is 1.19 bits per heavy atom. The summed E-state index contributed by atoms with van der Waals surface area (Å²) in [6, 6.07) is 16.4. The second-order valence-corrected chi connectivity index (χ2v) is 8.75. The molecule has 6 nitrogen and oxygen atoms in total. The topological polar surface area (TPSA) is 80.2 Å². The molecule has 3 rings (SSSR count). The summed E-state index contributed by atoms with van der Waals surface area (Å²) in [5.41, 5.74) is 5.52. The van der Waals surface area contributed by atoms with Crippen molar-refractivity contribution >= 4 is 50.6 Å². The van der Waals surface area contributed by atoms with E-state index in [1.165, 1.54) is 23.9 Å². The van der Waals surface area contributed by atoms with Crippen molar-refractivity contribution in [2.24, 2.45) is 5.10 Å². The van der Waals surface area contributed by atoms with E-state index in [1.807, 2.05) is 37.3 Å². The van der Waals surface area contributed by atoms with E-state index >= 15 is 0 Å². The lowest BCUT2D eigenvalue weighted by Crippen LogP contribution is -2.17. The SMILES string of the molecule is COc1cc(/C=N\NC(=O)c2cc(Br)ccc2O)cc(I)c1OCc1ccc(C)cc1. The van der Waals surface area contributed by atoms with E-state index in [-0.39, 0.29) is 11.3 Å². The molecule has 0 aliphatic carbocycles. The number of benzene rings is 3. The van der Waals surface area contributed by atoms with Crippen LogP contribution in [0.2, 0.25) is 0 Å². The zero-order valence-corrected chi connectivity index (χ0v) is 20.6. The lowest BCUT2D eigenvalue weighted by Gasteiger charge is -2.13. The van der Waals surface area contributed by atoms with E-state index in [9.17, 15) is 9.90 Å². The van der Waals surface area contributed by atoms with Gasteiger partial charge in [-0.2, -0.15) is 5.10 Å². The van der Waals surface area contributed by atoms with Crippen molar-refractivity contribution in [3.05, 3.63) is 84.9 Å². The molecule has 1 amide bonds. The molecule has 0 saturated heterocycles. The molecule has 0 aromatic heterocycles. The standard InChI is InChI=1S/C23H20BrIN2O4/c1-14-3-5-15(6-4-14)13-31-22-19(25)9-16(10-21(22)30-2)12-26-27-23(29)18-11-17(24)7-8-20(18)28/h3-12,28H,13H2,1-2H3,(H,27,29)/b26-12-. The van der Waals surface area contributed by atoms with Crippen molar-refractivity contribution in [2.75, 3.05) is 7.11 Å². The Balaban J connectivity index is 1.70. The molecular formula is C23H20BrIN2O4. The predicted octanol–water partition coefficient (Wildman–Crippen LogP) is 5.42. The molecule has 0 spiro atoms. The fourth-order valence-electron chi connectivity index (χ4n) is 2.71. The first-order valence-corrected chi connectivity index (χ1v) is 11.1. The summed E-state index contributed by atoms with van der Waals surface area (Å²) >= 11 is 5.45. The zero-order chi connectivity index (χ0) is 22.4. The highest BCUT2D eigenvalue weighted by Gasteiger charge is 2.13. The van der Waals surface area contributed by atoms with Crippen molar-refractivity contribution in [3.8, 4) is 17.2 Å². The molecule has 0 saturated carbocycles. The molecule has 0 unspecified atom stereocenters. The molecule has 8 heteroatoms. The number of halogens is 2. The quantitative estimate of drug-likeness (QED) is 0.217. The molecule has 31 heavy (non-hydrogen) atoms. The summed E-state index contributed by atoms with van der Waals surface area (Å²) in [7, 11) is 1.57. The van der Waals surface area contributed by atoms with Gasteiger partial charge < -0.3 is 14.6 Å². The monoisotopic (exact) mass is 594 g/mol. The third kappa shape index (κ3) is 6.20. The molecule has 0 radical (unpaired) electrons. The first kappa shape index (κ1) is 23.1. The Morgan fingerprint density at radius 3 is 2.65 bits per heavy atom. The molecule has 3 aromatic rings. The normalized spacial score (nSPS) is 10.8. The largest absolute Gasteiger partial charge is 0.507 e. The number of ether oxygens (including phenoxy) is 2. The molecule has 3 aromatic carbocycles. The van der Waals surface area contributed by atoms with Crippen LogP contribution in [0.5, 0.6) is 17.2 Å². The number of phenolic OH excluding ortho intramolecular Hbond substituents is 1. The minimum Gasteiger partial charge on any atom is -0.507 e. The number of aryl methyl sites for hydroxylation is 1. The minimum atomic E-state index is -0.519. The molecule has 160 valence electrons. The van der Waals surface area contributed by atoms with E-state index in [0.29, 0.717) is 22.6 Å². The number of nitrogens with zero attached hydrogens (tertiary/aromatic N) is 1. The first-order valence-electron chi connectivity index (χ1n) is 9.25. The third-order valence-corrected chi connectivity index (χ3v) is 5.63. The van der Waals surface area contributed by atoms with E-state index in [0.717, 1.165) is 14.7 Å². The van der Waals surface area contributed by atoms with Gasteiger partial charge in [0.25, 0.3) is 5.91 Å². The number of methoxy groups -OCH3 is 1. The van der Waals surface area contributed by atoms with Gasteiger partial charge in [0, 0.05) is 4.47 Å². The van der Waals surface area contributed by atoms with Gasteiger partial charge in [0.05, 0.1) is 22.5 Å². The number of hydrazone groups is 1. The number of nitrogens with one attached hydrogen (secondary N) is 1. The van der Waals surface area contributed by atoms with Crippen LogP contribution in [-0.2, 0) is 6.61 Å². The average Bonchev–Trinajstić information content (AvgIpc) is 2.75. The van der Waals surface area contributed by atoms with Crippen molar-refractivity contribution < 1.29 is 19.4 Å². The minimum absolute atomic E-state index is 0.123. The van der Waals surface area contributed by atoms with E-state index in [4.69, 9.17) is 9.47 Å². The lowest BCUT2D eigenvalue weighted by atomic mass is 10.2. The predicted molar refractivity (Wildman–Crippen MR) is 132 cm³/mol. The average molecular weight is 595 g/mol. The molecule has 2 N–H and O–H groups in total. The van der Waals surface area contributed by atoms with Gasteiger partial charge >= 0.3 is 0 Å². The Hall–Kier alpha value is -2.59. The summed E-state index contributed by atoms with van der Waals surface area (Å²) in [4.78, 5) is 12.2. The summed E-state index contributed by atoms with van der Waals surface area (Å²) in [6.07, 6.45) is 1.50. The maximum absolute atomic E-state index is 12.2. The van der Waals surface area contributed by atoms with Crippen LogP contribution in [0.4, 0.5) is 0 Å². The van der Waals surface area contributed by atoms with Crippen molar-refractivity contribution in [1.29, 1.82) is 0 Å². The molecular weight excluding hydrogens is 575 g/mol. The van der Waals surface area contributed by atoms with Gasteiger partial charge in [-0.05, 0) is 71.0 Å². The second-order valence-electron chi connectivity index (χ2n) is 6.67. The van der Waals surface area contributed by atoms with Crippen molar-refractivity contribution in [3.63, 3.8) is 0 Å². The maximum Gasteiger partial charge on any atom is 0.275 e. The summed E-state index contributed by atoms with van der Waals surface area (Å²) in [5, 5.41) is 13.8. The van der Waals surface area contributed by atoms with E-state index in [1.54, 1.807) is 19.2 Å². The van der Waals surface area contributed by atoms with E-state index in [2.05, 4.69) is 49.0 Å². The maximum atomic E-state index is 12.2. The number of phenols is 1. The summed E-state index contributed by atoms with van der Waals surface area (Å²) < 4.78 is 13.0. The van der Waals surface area contributed by atoms with Crippen LogP contribution in [0.15, 0.2) is 64.2 Å². The van der Waals surface area contributed by atoms with Crippen LogP contribution in [0.3, 0.4) is 0 Å². The van der Waals surface area contributed by atoms with Crippen molar-refractivity contribution in [2.45, 2.75) is 13.5 Å². The zero-order valence-electron chi connectivity index (χ0n) is 16.9.